The van der Waals surface area contributed by atoms with Gasteiger partial charge in [0.2, 0.25) is 0 Å². The van der Waals surface area contributed by atoms with Crippen LogP contribution < -0.4 is 0 Å². The SMILES string of the molecule is C=C(C)C(=O)c1c(F)cccc1-c1ncccn1. The fourth-order valence-corrected chi connectivity index (χ4v) is 1.59. The first-order valence-corrected chi connectivity index (χ1v) is 5.37. The van der Waals surface area contributed by atoms with Gasteiger partial charge in [-0.3, -0.25) is 4.79 Å². The van der Waals surface area contributed by atoms with Crippen molar-refractivity contribution in [2.75, 3.05) is 0 Å². The van der Waals surface area contributed by atoms with Gasteiger partial charge in [-0.15, -0.1) is 0 Å². The average Bonchev–Trinajstić information content (AvgIpc) is 2.38. The Bertz CT molecular complexity index is 608. The second kappa shape index (κ2) is 4.87. The fourth-order valence-electron chi connectivity index (χ4n) is 1.59. The zero-order valence-electron chi connectivity index (χ0n) is 9.85. The van der Waals surface area contributed by atoms with Crippen molar-refractivity contribution in [3.8, 4) is 11.4 Å². The van der Waals surface area contributed by atoms with Crippen molar-refractivity contribution < 1.29 is 9.18 Å². The predicted octanol–water partition coefficient (Wildman–Crippen LogP) is 3.04. The summed E-state index contributed by atoms with van der Waals surface area (Å²) < 4.78 is 13.8. The van der Waals surface area contributed by atoms with E-state index in [9.17, 15) is 9.18 Å². The van der Waals surface area contributed by atoms with E-state index in [4.69, 9.17) is 0 Å². The van der Waals surface area contributed by atoms with Crippen molar-refractivity contribution in [3.05, 3.63) is 60.2 Å². The molecule has 0 aliphatic rings. The van der Waals surface area contributed by atoms with Gasteiger partial charge in [0.05, 0.1) is 5.56 Å². The van der Waals surface area contributed by atoms with Gasteiger partial charge >= 0.3 is 0 Å². The van der Waals surface area contributed by atoms with Gasteiger partial charge in [-0.2, -0.15) is 0 Å². The van der Waals surface area contributed by atoms with E-state index in [0.29, 0.717) is 11.4 Å². The van der Waals surface area contributed by atoms with Crippen LogP contribution in [0.5, 0.6) is 0 Å². The standard InChI is InChI=1S/C14H11FN2O/c1-9(2)13(18)12-10(5-3-6-11(12)15)14-16-7-4-8-17-14/h3-8H,1H2,2H3. The first-order valence-electron chi connectivity index (χ1n) is 5.37. The van der Waals surface area contributed by atoms with Crippen LogP contribution in [-0.2, 0) is 0 Å². The quantitative estimate of drug-likeness (QED) is 0.613. The van der Waals surface area contributed by atoms with Gasteiger partial charge in [0.1, 0.15) is 5.82 Å². The normalized spacial score (nSPS) is 10.1. The monoisotopic (exact) mass is 242 g/mol. The number of hydrogen-bond donors (Lipinski definition) is 0. The Hall–Kier alpha value is -2.36. The van der Waals surface area contributed by atoms with E-state index in [1.807, 2.05) is 0 Å². The predicted molar refractivity (Wildman–Crippen MR) is 66.6 cm³/mol. The summed E-state index contributed by atoms with van der Waals surface area (Å²) in [6.07, 6.45) is 3.09. The maximum Gasteiger partial charge on any atom is 0.191 e. The molecule has 90 valence electrons. The highest BCUT2D eigenvalue weighted by Gasteiger charge is 2.19. The number of allylic oxidation sites excluding steroid dienone is 1. The summed E-state index contributed by atoms with van der Waals surface area (Å²) in [4.78, 5) is 20.0. The van der Waals surface area contributed by atoms with Crippen molar-refractivity contribution in [3.63, 3.8) is 0 Å². The molecule has 1 aromatic carbocycles. The number of aromatic nitrogens is 2. The van der Waals surface area contributed by atoms with Crippen LogP contribution in [-0.4, -0.2) is 15.8 Å². The number of ketones is 1. The molecule has 0 unspecified atom stereocenters. The van der Waals surface area contributed by atoms with E-state index in [1.54, 1.807) is 31.5 Å². The molecule has 1 heterocycles. The third kappa shape index (κ3) is 2.18. The Morgan fingerprint density at radius 2 is 1.89 bits per heavy atom. The Balaban J connectivity index is 2.66. The van der Waals surface area contributed by atoms with Crippen LogP contribution in [0.15, 0.2) is 48.8 Å². The first kappa shape index (κ1) is 12.1. The number of carbonyl (C=O) groups is 1. The molecular weight excluding hydrogens is 231 g/mol. The van der Waals surface area contributed by atoms with Gasteiger partial charge in [0, 0.05) is 18.0 Å². The number of rotatable bonds is 3. The lowest BCUT2D eigenvalue weighted by atomic mass is 9.98. The summed E-state index contributed by atoms with van der Waals surface area (Å²) in [5, 5.41) is 0. The number of halogens is 1. The van der Waals surface area contributed by atoms with Crippen LogP contribution in [0.2, 0.25) is 0 Å². The summed E-state index contributed by atoms with van der Waals surface area (Å²) in [5.41, 5.74) is 0.622. The molecule has 2 rings (SSSR count). The topological polar surface area (TPSA) is 42.9 Å². The molecule has 0 saturated carbocycles. The lowest BCUT2D eigenvalue weighted by Gasteiger charge is -2.08. The van der Waals surface area contributed by atoms with Crippen LogP contribution in [0.25, 0.3) is 11.4 Å². The fraction of sp³-hybridized carbons (Fsp3) is 0.0714. The molecule has 0 bridgehead atoms. The van der Waals surface area contributed by atoms with E-state index in [2.05, 4.69) is 16.5 Å². The minimum atomic E-state index is -0.590. The van der Waals surface area contributed by atoms with E-state index >= 15 is 0 Å². The number of hydrogen-bond acceptors (Lipinski definition) is 3. The summed E-state index contributed by atoms with van der Waals surface area (Å²) in [7, 11) is 0. The molecule has 2 aromatic rings. The van der Waals surface area contributed by atoms with E-state index in [0.717, 1.165) is 0 Å². The van der Waals surface area contributed by atoms with Gasteiger partial charge in [-0.25, -0.2) is 14.4 Å². The van der Waals surface area contributed by atoms with Gasteiger partial charge in [0.25, 0.3) is 0 Å². The molecular formula is C14H11FN2O. The molecule has 0 saturated heterocycles. The lowest BCUT2D eigenvalue weighted by Crippen LogP contribution is -2.06. The Labute approximate surface area is 104 Å². The molecule has 0 spiro atoms. The largest absolute Gasteiger partial charge is 0.289 e. The second-order valence-corrected chi connectivity index (χ2v) is 3.84. The molecule has 0 N–H and O–H groups in total. The van der Waals surface area contributed by atoms with Crippen LogP contribution in [0.3, 0.4) is 0 Å². The van der Waals surface area contributed by atoms with Gasteiger partial charge in [-0.1, -0.05) is 18.7 Å². The number of Topliss-reactive ketones (excluding diaryl/α,β-unsaturated/α-hetero) is 1. The third-order valence-electron chi connectivity index (χ3n) is 2.43. The molecule has 4 heteroatoms. The highest BCUT2D eigenvalue weighted by atomic mass is 19.1. The minimum Gasteiger partial charge on any atom is -0.289 e. The smallest absolute Gasteiger partial charge is 0.191 e. The molecule has 0 aliphatic heterocycles. The second-order valence-electron chi connectivity index (χ2n) is 3.84. The number of benzene rings is 1. The summed E-state index contributed by atoms with van der Waals surface area (Å²) in [6.45, 7) is 5.10. The third-order valence-corrected chi connectivity index (χ3v) is 2.43. The maximum atomic E-state index is 13.8. The van der Waals surface area contributed by atoms with E-state index in [-0.39, 0.29) is 11.1 Å². The van der Waals surface area contributed by atoms with Crippen LogP contribution >= 0.6 is 0 Å². The Kier molecular flexibility index (Phi) is 3.28. The zero-order valence-corrected chi connectivity index (χ0v) is 9.85. The number of carbonyl (C=O) groups excluding carboxylic acids is 1. The van der Waals surface area contributed by atoms with E-state index < -0.39 is 11.6 Å². The summed E-state index contributed by atoms with van der Waals surface area (Å²) in [5.74, 6) is -0.704. The molecule has 1 aromatic heterocycles. The van der Waals surface area contributed by atoms with Gasteiger partial charge in [0.15, 0.2) is 11.6 Å². The van der Waals surface area contributed by atoms with Crippen molar-refractivity contribution in [2.24, 2.45) is 0 Å². The molecule has 18 heavy (non-hydrogen) atoms. The van der Waals surface area contributed by atoms with Crippen LogP contribution in [0.4, 0.5) is 4.39 Å². The minimum absolute atomic E-state index is 0.0313. The van der Waals surface area contributed by atoms with Gasteiger partial charge in [-0.05, 0) is 24.6 Å². The van der Waals surface area contributed by atoms with Crippen molar-refractivity contribution in [1.29, 1.82) is 0 Å². The zero-order chi connectivity index (χ0) is 13.1. The molecule has 0 radical (unpaired) electrons. The molecule has 0 atom stereocenters. The molecule has 0 aliphatic carbocycles. The molecule has 0 fully saturated rings. The van der Waals surface area contributed by atoms with E-state index in [1.165, 1.54) is 12.1 Å². The van der Waals surface area contributed by atoms with Crippen LogP contribution in [0.1, 0.15) is 17.3 Å². The van der Waals surface area contributed by atoms with Crippen LogP contribution in [0, 0.1) is 5.82 Å². The maximum absolute atomic E-state index is 13.8. The number of nitrogens with zero attached hydrogens (tertiary/aromatic N) is 2. The first-order chi connectivity index (χ1) is 8.61. The van der Waals surface area contributed by atoms with Crippen molar-refractivity contribution in [1.82, 2.24) is 9.97 Å². The summed E-state index contributed by atoms with van der Waals surface area (Å²) >= 11 is 0. The highest BCUT2D eigenvalue weighted by Crippen LogP contribution is 2.24. The Morgan fingerprint density at radius 1 is 1.22 bits per heavy atom. The van der Waals surface area contributed by atoms with Crippen molar-refractivity contribution in [2.45, 2.75) is 6.92 Å². The summed E-state index contributed by atoms with van der Waals surface area (Å²) in [6, 6.07) is 6.04. The van der Waals surface area contributed by atoms with Gasteiger partial charge < -0.3 is 0 Å². The average molecular weight is 242 g/mol. The molecule has 3 nitrogen and oxygen atoms in total. The Morgan fingerprint density at radius 3 is 2.50 bits per heavy atom. The molecule has 0 amide bonds. The lowest BCUT2D eigenvalue weighted by molar-refractivity contribution is 0.103. The van der Waals surface area contributed by atoms with Crippen molar-refractivity contribution >= 4 is 5.78 Å². The highest BCUT2D eigenvalue weighted by molar-refractivity contribution is 6.11.